The predicted octanol–water partition coefficient (Wildman–Crippen LogP) is 5.58. The molecule has 10 heteroatoms. The lowest BCUT2D eigenvalue weighted by Gasteiger charge is -2.22. The normalized spacial score (nSPS) is 18.7. The SMILES string of the molecule is Cc1nc(C2C=CC(C(F)(F)F)=CC2C)sc1COc1ccc2oc(CC(=O)O)nc2c1. The number of allylic oxidation sites excluding steroid dienone is 4. The summed E-state index contributed by atoms with van der Waals surface area (Å²) < 4.78 is 50.1. The lowest BCUT2D eigenvalue weighted by molar-refractivity contribution is -0.136. The van der Waals surface area contributed by atoms with E-state index < -0.39 is 17.7 Å². The number of carboxylic acids is 1. The summed E-state index contributed by atoms with van der Waals surface area (Å²) in [5.41, 5.74) is 1.10. The van der Waals surface area contributed by atoms with Crippen LogP contribution in [0.2, 0.25) is 0 Å². The first kappa shape index (κ1) is 22.1. The molecule has 0 saturated carbocycles. The molecule has 1 aromatic carbocycles. The fourth-order valence-electron chi connectivity index (χ4n) is 3.45. The highest BCUT2D eigenvalue weighted by atomic mass is 32.1. The average Bonchev–Trinajstić information content (AvgIpc) is 3.27. The summed E-state index contributed by atoms with van der Waals surface area (Å²) in [6.07, 6.45) is -0.746. The minimum atomic E-state index is -4.35. The van der Waals surface area contributed by atoms with E-state index in [-0.39, 0.29) is 30.8 Å². The van der Waals surface area contributed by atoms with Crippen LogP contribution in [0.1, 0.15) is 34.3 Å². The number of hydrogen-bond donors (Lipinski definition) is 1. The molecule has 2 unspecified atom stereocenters. The van der Waals surface area contributed by atoms with Gasteiger partial charge in [0, 0.05) is 12.0 Å². The number of carbonyl (C=O) groups is 1. The first-order valence-corrected chi connectivity index (χ1v) is 10.6. The number of rotatable bonds is 6. The minimum absolute atomic E-state index is 0.116. The van der Waals surface area contributed by atoms with Gasteiger partial charge in [0.15, 0.2) is 5.58 Å². The maximum absolute atomic E-state index is 12.9. The molecular weight excluding hydrogens is 445 g/mol. The molecule has 0 spiro atoms. The second-order valence-electron chi connectivity index (χ2n) is 7.52. The van der Waals surface area contributed by atoms with Gasteiger partial charge in [-0.25, -0.2) is 9.97 Å². The number of thiazole rings is 1. The maximum Gasteiger partial charge on any atom is 0.416 e. The molecular formula is C22H19F3N2O4S. The summed E-state index contributed by atoms with van der Waals surface area (Å²) in [6.45, 7) is 3.83. The first-order valence-electron chi connectivity index (χ1n) is 9.77. The molecule has 0 aliphatic heterocycles. The fourth-order valence-corrected chi connectivity index (χ4v) is 4.62. The number of halogens is 3. The van der Waals surface area contributed by atoms with Gasteiger partial charge in [-0.2, -0.15) is 13.2 Å². The molecule has 2 atom stereocenters. The molecule has 2 aromatic heterocycles. The average molecular weight is 464 g/mol. The van der Waals surface area contributed by atoms with Crippen LogP contribution >= 0.6 is 11.3 Å². The molecule has 0 fully saturated rings. The molecule has 2 heterocycles. The van der Waals surface area contributed by atoms with Crippen LogP contribution in [0, 0.1) is 12.8 Å². The van der Waals surface area contributed by atoms with Crippen molar-refractivity contribution in [2.75, 3.05) is 0 Å². The lowest BCUT2D eigenvalue weighted by atomic mass is 9.87. The predicted molar refractivity (Wildman–Crippen MR) is 112 cm³/mol. The van der Waals surface area contributed by atoms with Crippen LogP contribution in [0.15, 0.2) is 46.4 Å². The molecule has 168 valence electrons. The summed E-state index contributed by atoms with van der Waals surface area (Å²) in [5, 5.41) is 9.60. The van der Waals surface area contributed by atoms with Crippen LogP contribution in [0.5, 0.6) is 5.75 Å². The van der Waals surface area contributed by atoms with Crippen molar-refractivity contribution in [3.8, 4) is 5.75 Å². The van der Waals surface area contributed by atoms with Gasteiger partial charge >= 0.3 is 12.1 Å². The molecule has 6 nitrogen and oxygen atoms in total. The van der Waals surface area contributed by atoms with E-state index in [1.807, 2.05) is 6.92 Å². The molecule has 0 bridgehead atoms. The third-order valence-corrected chi connectivity index (χ3v) is 6.32. The zero-order valence-electron chi connectivity index (χ0n) is 17.1. The van der Waals surface area contributed by atoms with E-state index >= 15 is 0 Å². The number of benzene rings is 1. The minimum Gasteiger partial charge on any atom is -0.488 e. The molecule has 3 aromatic rings. The Hall–Kier alpha value is -3.14. The van der Waals surface area contributed by atoms with Crippen LogP contribution in [-0.2, 0) is 17.8 Å². The quantitative estimate of drug-likeness (QED) is 0.513. The Morgan fingerprint density at radius 2 is 2.09 bits per heavy atom. The number of alkyl halides is 3. The van der Waals surface area contributed by atoms with E-state index in [4.69, 9.17) is 14.3 Å². The highest BCUT2D eigenvalue weighted by Crippen LogP contribution is 2.39. The topological polar surface area (TPSA) is 85.5 Å². The molecule has 0 saturated heterocycles. The van der Waals surface area contributed by atoms with Gasteiger partial charge in [-0.1, -0.05) is 25.2 Å². The van der Waals surface area contributed by atoms with Crippen molar-refractivity contribution in [2.24, 2.45) is 5.92 Å². The van der Waals surface area contributed by atoms with Crippen molar-refractivity contribution in [3.63, 3.8) is 0 Å². The van der Waals surface area contributed by atoms with E-state index in [9.17, 15) is 18.0 Å². The van der Waals surface area contributed by atoms with Crippen molar-refractivity contribution in [2.45, 2.75) is 39.0 Å². The van der Waals surface area contributed by atoms with Crippen LogP contribution in [0.25, 0.3) is 11.1 Å². The number of nitrogens with zero attached hydrogens (tertiary/aromatic N) is 2. The van der Waals surface area contributed by atoms with Gasteiger partial charge in [0.25, 0.3) is 0 Å². The van der Waals surface area contributed by atoms with Crippen LogP contribution in [-0.4, -0.2) is 27.2 Å². The Morgan fingerprint density at radius 3 is 2.78 bits per heavy atom. The van der Waals surface area contributed by atoms with Crippen molar-refractivity contribution in [3.05, 3.63) is 63.5 Å². The first-order chi connectivity index (χ1) is 15.1. The number of carboxylic acid groups (broad SMARTS) is 1. The monoisotopic (exact) mass is 464 g/mol. The molecule has 0 amide bonds. The summed E-state index contributed by atoms with van der Waals surface area (Å²) in [7, 11) is 0. The summed E-state index contributed by atoms with van der Waals surface area (Å²) in [4.78, 5) is 20.4. The van der Waals surface area contributed by atoms with Gasteiger partial charge < -0.3 is 14.3 Å². The number of ether oxygens (including phenoxy) is 1. The van der Waals surface area contributed by atoms with E-state index in [2.05, 4.69) is 9.97 Å². The second kappa shape index (κ2) is 8.42. The molecule has 0 radical (unpaired) electrons. The summed E-state index contributed by atoms with van der Waals surface area (Å²) >= 11 is 1.42. The highest BCUT2D eigenvalue weighted by molar-refractivity contribution is 7.11. The second-order valence-corrected chi connectivity index (χ2v) is 8.64. The van der Waals surface area contributed by atoms with E-state index in [0.717, 1.165) is 21.7 Å². The maximum atomic E-state index is 12.9. The van der Waals surface area contributed by atoms with Crippen LogP contribution in [0.4, 0.5) is 13.2 Å². The molecule has 4 rings (SSSR count). The highest BCUT2D eigenvalue weighted by Gasteiger charge is 2.35. The van der Waals surface area contributed by atoms with Gasteiger partial charge in [0.2, 0.25) is 5.89 Å². The smallest absolute Gasteiger partial charge is 0.416 e. The van der Waals surface area contributed by atoms with Crippen LogP contribution in [0.3, 0.4) is 0 Å². The zero-order valence-corrected chi connectivity index (χ0v) is 18.0. The van der Waals surface area contributed by atoms with Gasteiger partial charge in [-0.3, -0.25) is 4.79 Å². The van der Waals surface area contributed by atoms with Gasteiger partial charge in [-0.05, 0) is 25.0 Å². The zero-order chi connectivity index (χ0) is 23.0. The van der Waals surface area contributed by atoms with Crippen LogP contribution < -0.4 is 4.74 Å². The summed E-state index contributed by atoms with van der Waals surface area (Å²) in [5.74, 6) is -0.935. The number of aryl methyl sites for hydroxylation is 1. The molecule has 1 N–H and O–H groups in total. The van der Waals surface area contributed by atoms with Crippen molar-refractivity contribution >= 4 is 28.4 Å². The fraction of sp³-hybridized carbons (Fsp3) is 0.318. The van der Waals surface area contributed by atoms with E-state index in [1.165, 1.54) is 17.4 Å². The number of oxazole rings is 1. The van der Waals surface area contributed by atoms with E-state index in [0.29, 0.717) is 16.8 Å². The molecule has 1 aliphatic rings. The standard InChI is InChI=1S/C22H19F3N2O4S/c1-11-7-13(22(23,24)25)3-5-15(11)21-26-12(2)18(32-21)10-30-14-4-6-17-16(8-14)27-19(31-17)9-20(28)29/h3-8,11,15H,9-10H2,1-2H3,(H,28,29). The Morgan fingerprint density at radius 1 is 1.31 bits per heavy atom. The van der Waals surface area contributed by atoms with Gasteiger partial charge in [0.1, 0.15) is 29.3 Å². The summed E-state index contributed by atoms with van der Waals surface area (Å²) in [6, 6.07) is 5.02. The van der Waals surface area contributed by atoms with Crippen molar-refractivity contribution in [1.29, 1.82) is 0 Å². The molecule has 1 aliphatic carbocycles. The number of aromatic nitrogens is 2. The Bertz CT molecular complexity index is 1230. The van der Waals surface area contributed by atoms with Crippen molar-refractivity contribution < 1.29 is 32.2 Å². The lowest BCUT2D eigenvalue weighted by Crippen LogP contribution is -2.17. The third kappa shape index (κ3) is 4.69. The van der Waals surface area contributed by atoms with E-state index in [1.54, 1.807) is 31.2 Å². The number of fused-ring (bicyclic) bond motifs is 1. The van der Waals surface area contributed by atoms with Crippen molar-refractivity contribution in [1.82, 2.24) is 9.97 Å². The number of hydrogen-bond acceptors (Lipinski definition) is 6. The van der Waals surface area contributed by atoms with Gasteiger partial charge in [0.05, 0.1) is 16.1 Å². The molecule has 32 heavy (non-hydrogen) atoms. The Kier molecular flexibility index (Phi) is 5.81. The third-order valence-electron chi connectivity index (χ3n) is 5.09. The Labute approximate surface area is 185 Å². The number of aliphatic carboxylic acids is 1. The Balaban J connectivity index is 1.46. The van der Waals surface area contributed by atoms with Gasteiger partial charge in [-0.15, -0.1) is 11.3 Å². The largest absolute Gasteiger partial charge is 0.488 e.